The summed E-state index contributed by atoms with van der Waals surface area (Å²) in [7, 11) is 0. The normalized spacial score (nSPS) is 11.1. The number of anilines is 2. The number of halogens is 1. The third-order valence-corrected chi connectivity index (χ3v) is 3.05. The van der Waals surface area contributed by atoms with E-state index in [-0.39, 0.29) is 0 Å². The van der Waals surface area contributed by atoms with E-state index in [0.29, 0.717) is 22.1 Å². The summed E-state index contributed by atoms with van der Waals surface area (Å²) in [6, 6.07) is 9.00. The Bertz CT molecular complexity index is 696. The molecule has 0 unspecified atom stereocenters. The fraction of sp³-hybridized carbons (Fsp3) is 0.250. The van der Waals surface area contributed by atoms with E-state index in [1.807, 2.05) is 18.2 Å². The van der Waals surface area contributed by atoms with Gasteiger partial charge in [-0.05, 0) is 32.9 Å². The lowest BCUT2D eigenvalue weighted by atomic mass is 10.1. The molecule has 0 atom stereocenters. The molecule has 0 radical (unpaired) electrons. The molecular weight excluding hydrogens is 302 g/mol. The molecule has 3 N–H and O–H groups in total. The summed E-state index contributed by atoms with van der Waals surface area (Å²) in [5.74, 6) is 0. The average molecular weight is 320 g/mol. The van der Waals surface area contributed by atoms with Gasteiger partial charge in [0.25, 0.3) is 0 Å². The van der Waals surface area contributed by atoms with Gasteiger partial charge in [-0.15, -0.1) is 0 Å². The molecule has 0 fully saturated rings. The smallest absolute Gasteiger partial charge is 0.412 e. The number of aromatic nitrogens is 1. The number of rotatable bonds is 2. The number of carbonyl (C=O) groups is 1. The first kappa shape index (κ1) is 16.1. The molecule has 22 heavy (non-hydrogen) atoms. The summed E-state index contributed by atoms with van der Waals surface area (Å²) in [5.41, 5.74) is 7.58. The Hall–Kier alpha value is -2.27. The van der Waals surface area contributed by atoms with Crippen molar-refractivity contribution >= 4 is 29.1 Å². The number of pyridine rings is 1. The molecule has 2 aromatic rings. The molecule has 6 heteroatoms. The van der Waals surface area contributed by atoms with Gasteiger partial charge in [0, 0.05) is 10.6 Å². The van der Waals surface area contributed by atoms with E-state index in [9.17, 15) is 4.79 Å². The number of amides is 1. The highest BCUT2D eigenvalue weighted by atomic mass is 35.5. The van der Waals surface area contributed by atoms with Gasteiger partial charge in [0.05, 0.1) is 23.3 Å². The van der Waals surface area contributed by atoms with Crippen LogP contribution in [0.25, 0.3) is 11.3 Å². The predicted octanol–water partition coefficient (Wildman–Crippen LogP) is 4.33. The minimum atomic E-state index is -0.580. The second kappa shape index (κ2) is 6.23. The van der Waals surface area contributed by atoms with Crippen molar-refractivity contribution in [1.82, 2.24) is 4.98 Å². The molecule has 0 spiro atoms. The van der Waals surface area contributed by atoms with Crippen LogP contribution in [-0.4, -0.2) is 16.7 Å². The summed E-state index contributed by atoms with van der Waals surface area (Å²) < 4.78 is 5.18. The van der Waals surface area contributed by atoms with Gasteiger partial charge in [0.15, 0.2) is 0 Å². The predicted molar refractivity (Wildman–Crippen MR) is 89.0 cm³/mol. The van der Waals surface area contributed by atoms with Crippen molar-refractivity contribution in [2.75, 3.05) is 11.1 Å². The summed E-state index contributed by atoms with van der Waals surface area (Å²) >= 11 is 6.14. The lowest BCUT2D eigenvalue weighted by molar-refractivity contribution is 0.0636. The SMILES string of the molecule is CC(C)(C)OC(=O)Nc1cnc(-c2ccccc2Cl)cc1N. The van der Waals surface area contributed by atoms with E-state index in [4.69, 9.17) is 22.1 Å². The number of nitrogens with one attached hydrogen (secondary N) is 1. The Kier molecular flexibility index (Phi) is 4.56. The maximum absolute atomic E-state index is 11.8. The van der Waals surface area contributed by atoms with Gasteiger partial charge in [-0.3, -0.25) is 10.3 Å². The van der Waals surface area contributed by atoms with E-state index >= 15 is 0 Å². The monoisotopic (exact) mass is 319 g/mol. The highest BCUT2D eigenvalue weighted by molar-refractivity contribution is 6.33. The van der Waals surface area contributed by atoms with Crippen LogP contribution in [0.15, 0.2) is 36.5 Å². The van der Waals surface area contributed by atoms with E-state index in [1.54, 1.807) is 32.9 Å². The quantitative estimate of drug-likeness (QED) is 0.863. The van der Waals surface area contributed by atoms with Gasteiger partial charge in [-0.2, -0.15) is 0 Å². The summed E-state index contributed by atoms with van der Waals surface area (Å²) in [5, 5.41) is 3.16. The largest absolute Gasteiger partial charge is 0.444 e. The first-order valence-electron chi connectivity index (χ1n) is 6.77. The topological polar surface area (TPSA) is 77.2 Å². The minimum Gasteiger partial charge on any atom is -0.444 e. The lowest BCUT2D eigenvalue weighted by Gasteiger charge is -2.20. The van der Waals surface area contributed by atoms with Gasteiger partial charge in [0.1, 0.15) is 5.60 Å². The van der Waals surface area contributed by atoms with Crippen molar-refractivity contribution < 1.29 is 9.53 Å². The molecule has 116 valence electrons. The standard InChI is InChI=1S/C16H18ClN3O2/c1-16(2,3)22-15(21)20-14-9-19-13(8-12(14)18)10-6-4-5-7-11(10)17/h4-9H,1-3H3,(H2,18,19)(H,20,21). The molecule has 1 aromatic heterocycles. The van der Waals surface area contributed by atoms with Crippen LogP contribution < -0.4 is 11.1 Å². The first-order valence-corrected chi connectivity index (χ1v) is 7.14. The van der Waals surface area contributed by atoms with Crippen LogP contribution in [0.1, 0.15) is 20.8 Å². The lowest BCUT2D eigenvalue weighted by Crippen LogP contribution is -2.27. The van der Waals surface area contributed by atoms with Gasteiger partial charge >= 0.3 is 6.09 Å². The first-order chi connectivity index (χ1) is 10.3. The molecular formula is C16H18ClN3O2. The van der Waals surface area contributed by atoms with Crippen LogP contribution in [0.4, 0.5) is 16.2 Å². The Morgan fingerprint density at radius 2 is 2.00 bits per heavy atom. The molecule has 2 rings (SSSR count). The highest BCUT2D eigenvalue weighted by Gasteiger charge is 2.17. The number of hydrogen-bond donors (Lipinski definition) is 2. The van der Waals surface area contributed by atoms with Crippen molar-refractivity contribution in [3.8, 4) is 11.3 Å². The average Bonchev–Trinajstić information content (AvgIpc) is 2.39. The van der Waals surface area contributed by atoms with Crippen molar-refractivity contribution in [1.29, 1.82) is 0 Å². The zero-order valence-corrected chi connectivity index (χ0v) is 13.4. The molecule has 1 heterocycles. The zero-order valence-electron chi connectivity index (χ0n) is 12.7. The third-order valence-electron chi connectivity index (χ3n) is 2.72. The molecule has 0 aliphatic rings. The molecule has 0 bridgehead atoms. The zero-order chi connectivity index (χ0) is 16.3. The molecule has 5 nitrogen and oxygen atoms in total. The molecule has 0 aliphatic heterocycles. The van der Waals surface area contributed by atoms with Crippen molar-refractivity contribution in [3.05, 3.63) is 41.6 Å². The molecule has 0 saturated carbocycles. The number of hydrogen-bond acceptors (Lipinski definition) is 4. The van der Waals surface area contributed by atoms with Crippen LogP contribution in [0.2, 0.25) is 5.02 Å². The molecule has 0 aliphatic carbocycles. The number of nitrogens with zero attached hydrogens (tertiary/aromatic N) is 1. The van der Waals surface area contributed by atoms with Crippen molar-refractivity contribution in [2.45, 2.75) is 26.4 Å². The van der Waals surface area contributed by atoms with Gasteiger partial charge in [-0.25, -0.2) is 4.79 Å². The van der Waals surface area contributed by atoms with Crippen molar-refractivity contribution in [2.24, 2.45) is 0 Å². The third kappa shape index (κ3) is 4.11. The van der Waals surface area contributed by atoms with E-state index < -0.39 is 11.7 Å². The number of carbonyl (C=O) groups excluding carboxylic acids is 1. The number of benzene rings is 1. The summed E-state index contributed by atoms with van der Waals surface area (Å²) in [6.07, 6.45) is 0.907. The number of nitrogens with two attached hydrogens (primary N) is 1. The minimum absolute atomic E-state index is 0.385. The molecule has 0 saturated heterocycles. The number of nitrogen functional groups attached to an aromatic ring is 1. The Morgan fingerprint density at radius 3 is 2.59 bits per heavy atom. The van der Waals surface area contributed by atoms with E-state index in [2.05, 4.69) is 10.3 Å². The Morgan fingerprint density at radius 1 is 1.32 bits per heavy atom. The molecule has 1 aromatic carbocycles. The fourth-order valence-electron chi connectivity index (χ4n) is 1.81. The second-order valence-corrected chi connectivity index (χ2v) is 6.17. The maximum atomic E-state index is 11.8. The van der Waals surface area contributed by atoms with Crippen LogP contribution in [0.3, 0.4) is 0 Å². The van der Waals surface area contributed by atoms with Gasteiger partial charge < -0.3 is 10.5 Å². The molecule has 1 amide bonds. The van der Waals surface area contributed by atoms with E-state index in [0.717, 1.165) is 5.56 Å². The van der Waals surface area contributed by atoms with Crippen LogP contribution in [-0.2, 0) is 4.74 Å². The summed E-state index contributed by atoms with van der Waals surface area (Å²) in [4.78, 5) is 16.0. The van der Waals surface area contributed by atoms with Crippen LogP contribution in [0, 0.1) is 0 Å². The van der Waals surface area contributed by atoms with E-state index in [1.165, 1.54) is 6.20 Å². The van der Waals surface area contributed by atoms with Crippen LogP contribution >= 0.6 is 11.6 Å². The van der Waals surface area contributed by atoms with Crippen LogP contribution in [0.5, 0.6) is 0 Å². The highest BCUT2D eigenvalue weighted by Crippen LogP contribution is 2.29. The van der Waals surface area contributed by atoms with Crippen molar-refractivity contribution in [3.63, 3.8) is 0 Å². The summed E-state index contributed by atoms with van der Waals surface area (Å²) in [6.45, 7) is 5.36. The Labute approximate surface area is 134 Å². The Balaban J connectivity index is 2.20. The fourth-order valence-corrected chi connectivity index (χ4v) is 2.04. The second-order valence-electron chi connectivity index (χ2n) is 5.76. The van der Waals surface area contributed by atoms with Gasteiger partial charge in [-0.1, -0.05) is 29.8 Å². The maximum Gasteiger partial charge on any atom is 0.412 e. The van der Waals surface area contributed by atoms with Gasteiger partial charge in [0.2, 0.25) is 0 Å². The number of ether oxygens (including phenoxy) is 1.